The number of benzene rings is 1. The Morgan fingerprint density at radius 1 is 1.02 bits per heavy atom. The first-order valence-electron chi connectivity index (χ1n) is 14.6. The topological polar surface area (TPSA) is 81.7 Å². The van der Waals surface area contributed by atoms with Crippen molar-refractivity contribution in [3.8, 4) is 0 Å². The molecule has 1 atom stereocenters. The van der Waals surface area contributed by atoms with E-state index in [0.29, 0.717) is 23.5 Å². The van der Waals surface area contributed by atoms with Crippen molar-refractivity contribution in [3.05, 3.63) is 81.6 Å². The van der Waals surface area contributed by atoms with Crippen molar-refractivity contribution < 1.29 is 9.59 Å². The molecule has 214 valence electrons. The van der Waals surface area contributed by atoms with Gasteiger partial charge in [-0.25, -0.2) is 9.97 Å². The Morgan fingerprint density at radius 2 is 1.80 bits per heavy atom. The minimum Gasteiger partial charge on any atom is -0.341 e. The van der Waals surface area contributed by atoms with Crippen molar-refractivity contribution in [1.29, 1.82) is 0 Å². The molecule has 6 rings (SSSR count). The summed E-state index contributed by atoms with van der Waals surface area (Å²) >= 11 is 6.22. The predicted molar refractivity (Wildman–Crippen MR) is 161 cm³/mol. The van der Waals surface area contributed by atoms with Gasteiger partial charge in [0.2, 0.25) is 5.91 Å². The number of carbonyl (C=O) groups excluding carboxylic acids is 2. The zero-order chi connectivity index (χ0) is 28.5. The van der Waals surface area contributed by atoms with Gasteiger partial charge in [-0.1, -0.05) is 29.8 Å². The number of fused-ring (bicyclic) bond motifs is 1. The van der Waals surface area contributed by atoms with E-state index < -0.39 is 0 Å². The number of pyridine rings is 2. The number of hydrogen-bond donors (Lipinski definition) is 1. The van der Waals surface area contributed by atoms with Gasteiger partial charge in [-0.3, -0.25) is 14.5 Å². The third-order valence-electron chi connectivity index (χ3n) is 8.59. The van der Waals surface area contributed by atoms with E-state index in [9.17, 15) is 9.59 Å². The zero-order valence-electron chi connectivity index (χ0n) is 23.8. The van der Waals surface area contributed by atoms with Crippen LogP contribution in [0.25, 0.3) is 0 Å². The number of likely N-dealkylation sites (tertiary alicyclic amines) is 2. The second kappa shape index (κ2) is 11.8. The fourth-order valence-corrected chi connectivity index (χ4v) is 6.63. The highest BCUT2D eigenvalue weighted by molar-refractivity contribution is 6.31. The number of nitrogens with zero attached hydrogens (tertiary/aromatic N) is 5. The maximum atomic E-state index is 13.8. The van der Waals surface area contributed by atoms with E-state index in [1.807, 2.05) is 37.1 Å². The standard InChI is InChI=1S/C32H37ClN6O2/c1-21-16-23(7-8-27(21)33)20-37-14-9-26(10-15-37)39-28(18-24-6-5-11-34-30(24)39)31(40)36-29-19-25(17-22(2)35-29)32(41)38-12-3-4-13-38/h5-8,11,16-17,19,26,28H,3-4,9-10,12-15,18,20H2,1-2H3,(H,35,36,40)/t28-/m1/s1. The summed E-state index contributed by atoms with van der Waals surface area (Å²) in [5.41, 5.74) is 4.74. The number of anilines is 2. The summed E-state index contributed by atoms with van der Waals surface area (Å²) in [5.74, 6) is 1.22. The molecule has 41 heavy (non-hydrogen) atoms. The lowest BCUT2D eigenvalue weighted by molar-refractivity contribution is -0.117. The van der Waals surface area contributed by atoms with Crippen LogP contribution in [-0.2, 0) is 17.8 Å². The molecule has 0 spiro atoms. The van der Waals surface area contributed by atoms with Crippen LogP contribution in [0.1, 0.15) is 58.4 Å². The van der Waals surface area contributed by atoms with Gasteiger partial charge in [0.15, 0.2) is 0 Å². The highest BCUT2D eigenvalue weighted by Crippen LogP contribution is 2.35. The predicted octanol–water partition coefficient (Wildman–Crippen LogP) is 5.02. The quantitative estimate of drug-likeness (QED) is 0.447. The molecule has 5 heterocycles. The average molecular weight is 573 g/mol. The Balaban J connectivity index is 1.16. The number of nitrogens with one attached hydrogen (secondary N) is 1. The Morgan fingerprint density at radius 3 is 2.56 bits per heavy atom. The number of carbonyl (C=O) groups is 2. The van der Waals surface area contributed by atoms with Crippen molar-refractivity contribution in [1.82, 2.24) is 19.8 Å². The van der Waals surface area contributed by atoms with Crippen molar-refractivity contribution in [2.75, 3.05) is 36.4 Å². The molecule has 1 aromatic carbocycles. The number of rotatable bonds is 6. The third-order valence-corrected chi connectivity index (χ3v) is 9.01. The van der Waals surface area contributed by atoms with E-state index in [0.717, 1.165) is 80.4 Å². The fraction of sp³-hybridized carbons (Fsp3) is 0.438. The van der Waals surface area contributed by atoms with Crippen LogP contribution in [0, 0.1) is 13.8 Å². The molecule has 8 nitrogen and oxygen atoms in total. The summed E-state index contributed by atoms with van der Waals surface area (Å²) in [7, 11) is 0. The minimum atomic E-state index is -0.379. The Labute approximate surface area is 246 Å². The molecular weight excluding hydrogens is 536 g/mol. The van der Waals surface area contributed by atoms with Crippen LogP contribution in [0.15, 0.2) is 48.7 Å². The van der Waals surface area contributed by atoms with E-state index in [1.54, 1.807) is 12.1 Å². The molecule has 0 saturated carbocycles. The van der Waals surface area contributed by atoms with Crippen LogP contribution < -0.4 is 10.2 Å². The second-order valence-corrected chi connectivity index (χ2v) is 12.0. The van der Waals surface area contributed by atoms with Crippen LogP contribution in [0.3, 0.4) is 0 Å². The summed E-state index contributed by atoms with van der Waals surface area (Å²) in [5, 5.41) is 3.85. The normalized spacial score (nSPS) is 19.4. The number of hydrogen-bond acceptors (Lipinski definition) is 6. The maximum absolute atomic E-state index is 13.8. The summed E-state index contributed by atoms with van der Waals surface area (Å²) in [6, 6.07) is 13.6. The Bertz CT molecular complexity index is 1450. The van der Waals surface area contributed by atoms with Crippen molar-refractivity contribution >= 4 is 35.1 Å². The molecular formula is C32H37ClN6O2. The third kappa shape index (κ3) is 5.95. The second-order valence-electron chi connectivity index (χ2n) is 11.6. The molecule has 0 bridgehead atoms. The van der Waals surface area contributed by atoms with Crippen molar-refractivity contribution in [2.45, 2.75) is 64.6 Å². The molecule has 2 aromatic heterocycles. The maximum Gasteiger partial charge on any atom is 0.254 e. The summed E-state index contributed by atoms with van der Waals surface area (Å²) in [6.07, 6.45) is 6.37. The minimum absolute atomic E-state index is 0.00289. The van der Waals surface area contributed by atoms with E-state index in [4.69, 9.17) is 16.6 Å². The van der Waals surface area contributed by atoms with E-state index in [1.165, 1.54) is 5.56 Å². The van der Waals surface area contributed by atoms with E-state index in [-0.39, 0.29) is 23.9 Å². The molecule has 0 radical (unpaired) electrons. The Hall–Kier alpha value is -3.49. The molecule has 2 fully saturated rings. The van der Waals surface area contributed by atoms with Crippen LogP contribution in [0.4, 0.5) is 11.6 Å². The molecule has 0 unspecified atom stereocenters. The average Bonchev–Trinajstić information content (AvgIpc) is 3.64. The van der Waals surface area contributed by atoms with Crippen molar-refractivity contribution in [3.63, 3.8) is 0 Å². The monoisotopic (exact) mass is 572 g/mol. The van der Waals surface area contributed by atoms with Gasteiger partial charge in [-0.05, 0) is 80.5 Å². The van der Waals surface area contributed by atoms with Gasteiger partial charge in [-0.15, -0.1) is 0 Å². The molecule has 3 aliphatic rings. The number of halogens is 1. The summed E-state index contributed by atoms with van der Waals surface area (Å²) in [4.78, 5) is 42.7. The van der Waals surface area contributed by atoms with Gasteiger partial charge in [0.05, 0.1) is 0 Å². The largest absolute Gasteiger partial charge is 0.341 e. The molecule has 2 saturated heterocycles. The van der Waals surface area contributed by atoms with Crippen molar-refractivity contribution in [2.24, 2.45) is 0 Å². The van der Waals surface area contributed by atoms with Gasteiger partial charge in [0.1, 0.15) is 17.7 Å². The molecule has 3 aromatic rings. The number of amides is 2. The van der Waals surface area contributed by atoms with Crippen LogP contribution in [0.5, 0.6) is 0 Å². The van der Waals surface area contributed by atoms with Crippen LogP contribution in [0.2, 0.25) is 5.02 Å². The number of aromatic nitrogens is 2. The lowest BCUT2D eigenvalue weighted by Gasteiger charge is -2.40. The van der Waals surface area contributed by atoms with Gasteiger partial charge in [-0.2, -0.15) is 0 Å². The first-order chi connectivity index (χ1) is 19.9. The highest BCUT2D eigenvalue weighted by Gasteiger charge is 2.40. The number of piperidine rings is 1. The lowest BCUT2D eigenvalue weighted by atomic mass is 10.0. The molecule has 9 heteroatoms. The van der Waals surface area contributed by atoms with Gasteiger partial charge >= 0.3 is 0 Å². The summed E-state index contributed by atoms with van der Waals surface area (Å²) in [6.45, 7) is 8.24. The van der Waals surface area contributed by atoms with E-state index >= 15 is 0 Å². The molecule has 3 aliphatic heterocycles. The Kier molecular flexibility index (Phi) is 7.95. The first kappa shape index (κ1) is 27.7. The smallest absolute Gasteiger partial charge is 0.254 e. The van der Waals surface area contributed by atoms with Gasteiger partial charge < -0.3 is 15.1 Å². The van der Waals surface area contributed by atoms with Crippen LogP contribution >= 0.6 is 11.6 Å². The highest BCUT2D eigenvalue weighted by atomic mass is 35.5. The first-order valence-corrected chi connectivity index (χ1v) is 15.0. The van der Waals surface area contributed by atoms with Gasteiger partial charge in [0.25, 0.3) is 5.91 Å². The SMILES string of the molecule is Cc1cc(C(=O)N2CCCC2)cc(NC(=O)[C@H]2Cc3cccnc3N2C2CCN(Cc3ccc(Cl)c(C)c3)CC2)n1. The van der Waals surface area contributed by atoms with Crippen LogP contribution in [-0.4, -0.2) is 69.8 Å². The zero-order valence-corrected chi connectivity index (χ0v) is 24.5. The fourth-order valence-electron chi connectivity index (χ4n) is 6.51. The molecule has 2 amide bonds. The van der Waals surface area contributed by atoms with Gasteiger partial charge in [0, 0.05) is 67.7 Å². The molecule has 1 N–H and O–H groups in total. The van der Waals surface area contributed by atoms with E-state index in [2.05, 4.69) is 38.3 Å². The molecule has 0 aliphatic carbocycles. The summed E-state index contributed by atoms with van der Waals surface area (Å²) < 4.78 is 0. The lowest BCUT2D eigenvalue weighted by Crippen LogP contribution is -2.51. The number of aryl methyl sites for hydroxylation is 2.